The molecule has 0 aliphatic rings. The Morgan fingerprint density at radius 2 is 1.73 bits per heavy atom. The molecule has 30 heavy (non-hydrogen) atoms. The molecule has 0 radical (unpaired) electrons. The van der Waals surface area contributed by atoms with Crippen LogP contribution in [-0.4, -0.2) is 10.5 Å². The fourth-order valence-corrected chi connectivity index (χ4v) is 3.29. The van der Waals surface area contributed by atoms with Crippen molar-refractivity contribution in [3.05, 3.63) is 106 Å². The van der Waals surface area contributed by atoms with Crippen molar-refractivity contribution in [3.8, 4) is 5.75 Å². The minimum absolute atomic E-state index is 0.0450. The number of carbonyl (C=O) groups is 1. The van der Waals surface area contributed by atoms with Crippen molar-refractivity contribution >= 4 is 22.5 Å². The summed E-state index contributed by atoms with van der Waals surface area (Å²) in [7, 11) is 0. The highest BCUT2D eigenvalue weighted by Crippen LogP contribution is 2.18. The number of pyridine rings is 1. The minimum Gasteiger partial charge on any atom is -0.489 e. The van der Waals surface area contributed by atoms with Gasteiger partial charge in [0, 0.05) is 23.3 Å². The molecule has 1 N–H and O–H groups in total. The second kappa shape index (κ2) is 8.66. The molecule has 0 aliphatic heterocycles. The first-order chi connectivity index (χ1) is 14.6. The summed E-state index contributed by atoms with van der Waals surface area (Å²) in [4.78, 5) is 24.6. The standard InChI is InChI=1S/C25H22N2O3/c1-18-7-12-23-22(15-18)24(28)13-14-27(23)16-25(29)26-20-8-10-21(11-9-20)30-17-19-5-3-2-4-6-19/h2-15H,16-17H2,1H3,(H,26,29). The molecule has 3 aromatic carbocycles. The smallest absolute Gasteiger partial charge is 0.244 e. The van der Waals surface area contributed by atoms with Gasteiger partial charge in [-0.1, -0.05) is 42.0 Å². The third-order valence-electron chi connectivity index (χ3n) is 4.83. The molecule has 0 saturated heterocycles. The number of amides is 1. The molecule has 1 amide bonds. The average molecular weight is 398 g/mol. The first kappa shape index (κ1) is 19.5. The Morgan fingerprint density at radius 1 is 0.967 bits per heavy atom. The highest BCUT2D eigenvalue weighted by Gasteiger charge is 2.08. The molecule has 0 bridgehead atoms. The van der Waals surface area contributed by atoms with Crippen LogP contribution >= 0.6 is 0 Å². The van der Waals surface area contributed by atoms with Crippen molar-refractivity contribution in [2.45, 2.75) is 20.1 Å². The van der Waals surface area contributed by atoms with Crippen molar-refractivity contribution in [1.29, 1.82) is 0 Å². The van der Waals surface area contributed by atoms with Gasteiger partial charge in [-0.3, -0.25) is 9.59 Å². The molecule has 0 saturated carbocycles. The van der Waals surface area contributed by atoms with E-state index in [2.05, 4.69) is 5.32 Å². The van der Waals surface area contributed by atoms with Crippen LogP contribution in [-0.2, 0) is 17.9 Å². The molecule has 150 valence electrons. The van der Waals surface area contributed by atoms with Crippen molar-refractivity contribution in [3.63, 3.8) is 0 Å². The molecule has 1 aromatic heterocycles. The Kier molecular flexibility index (Phi) is 5.61. The molecule has 4 aromatic rings. The number of benzene rings is 3. The summed E-state index contributed by atoms with van der Waals surface area (Å²) in [5, 5.41) is 3.50. The van der Waals surface area contributed by atoms with Gasteiger partial charge in [0.05, 0.1) is 5.52 Å². The number of rotatable bonds is 6. The molecule has 0 spiro atoms. The van der Waals surface area contributed by atoms with E-state index in [1.807, 2.05) is 79.7 Å². The van der Waals surface area contributed by atoms with Crippen LogP contribution in [0.3, 0.4) is 0 Å². The van der Waals surface area contributed by atoms with E-state index >= 15 is 0 Å². The number of aromatic nitrogens is 1. The molecule has 0 unspecified atom stereocenters. The largest absolute Gasteiger partial charge is 0.489 e. The summed E-state index contributed by atoms with van der Waals surface area (Å²) in [6.07, 6.45) is 1.65. The van der Waals surface area contributed by atoms with Gasteiger partial charge in [-0.25, -0.2) is 0 Å². The maximum Gasteiger partial charge on any atom is 0.244 e. The summed E-state index contributed by atoms with van der Waals surface area (Å²) in [5.41, 5.74) is 3.49. The lowest BCUT2D eigenvalue weighted by Gasteiger charge is -2.12. The van der Waals surface area contributed by atoms with Crippen LogP contribution in [0.15, 0.2) is 89.9 Å². The summed E-state index contributed by atoms with van der Waals surface area (Å²) in [6.45, 7) is 2.55. The first-order valence-electron chi connectivity index (χ1n) is 9.75. The third-order valence-corrected chi connectivity index (χ3v) is 4.83. The Morgan fingerprint density at radius 3 is 2.50 bits per heavy atom. The van der Waals surface area contributed by atoms with Crippen molar-refractivity contribution < 1.29 is 9.53 Å². The molecule has 5 nitrogen and oxygen atoms in total. The topological polar surface area (TPSA) is 60.3 Å². The van der Waals surface area contributed by atoms with E-state index in [1.165, 1.54) is 6.07 Å². The van der Waals surface area contributed by atoms with Gasteiger partial charge in [-0.2, -0.15) is 0 Å². The van der Waals surface area contributed by atoms with E-state index in [9.17, 15) is 9.59 Å². The number of carbonyl (C=O) groups excluding carboxylic acids is 1. The highest BCUT2D eigenvalue weighted by molar-refractivity contribution is 5.91. The van der Waals surface area contributed by atoms with E-state index in [4.69, 9.17) is 4.74 Å². The Balaban J connectivity index is 1.40. The number of hydrogen-bond donors (Lipinski definition) is 1. The van der Waals surface area contributed by atoms with Crippen LogP contribution in [0.5, 0.6) is 5.75 Å². The molecular formula is C25H22N2O3. The van der Waals surface area contributed by atoms with Crippen LogP contribution in [0.4, 0.5) is 5.69 Å². The number of nitrogens with zero attached hydrogens (tertiary/aromatic N) is 1. The predicted molar refractivity (Wildman–Crippen MR) is 119 cm³/mol. The van der Waals surface area contributed by atoms with Gasteiger partial charge in [0.25, 0.3) is 0 Å². The molecule has 0 fully saturated rings. The number of hydrogen-bond acceptors (Lipinski definition) is 3. The quantitative estimate of drug-likeness (QED) is 0.519. The molecule has 4 rings (SSSR count). The van der Waals surface area contributed by atoms with Gasteiger partial charge in [0.2, 0.25) is 5.91 Å². The molecule has 5 heteroatoms. The molecular weight excluding hydrogens is 376 g/mol. The SMILES string of the molecule is Cc1ccc2c(c1)c(=O)ccn2CC(=O)Nc1ccc(OCc2ccccc2)cc1. The van der Waals surface area contributed by atoms with Gasteiger partial charge < -0.3 is 14.6 Å². The summed E-state index contributed by atoms with van der Waals surface area (Å²) in [6, 6.07) is 24.4. The van der Waals surface area contributed by atoms with E-state index < -0.39 is 0 Å². The van der Waals surface area contributed by atoms with E-state index in [-0.39, 0.29) is 17.9 Å². The maximum atomic E-state index is 12.5. The normalized spacial score (nSPS) is 10.7. The summed E-state index contributed by atoms with van der Waals surface area (Å²) < 4.78 is 7.55. The molecule has 0 atom stereocenters. The Bertz CT molecular complexity index is 1230. The van der Waals surface area contributed by atoms with E-state index in [1.54, 1.807) is 10.8 Å². The second-order valence-corrected chi connectivity index (χ2v) is 7.18. The number of nitrogens with one attached hydrogen (secondary N) is 1. The van der Waals surface area contributed by atoms with Gasteiger partial charge in [-0.15, -0.1) is 0 Å². The number of anilines is 1. The van der Waals surface area contributed by atoms with Crippen LogP contribution in [0.2, 0.25) is 0 Å². The van der Waals surface area contributed by atoms with Gasteiger partial charge in [-0.05, 0) is 48.9 Å². The molecule has 0 aliphatic carbocycles. The van der Waals surface area contributed by atoms with Crippen molar-refractivity contribution in [2.75, 3.05) is 5.32 Å². The third kappa shape index (κ3) is 4.58. The second-order valence-electron chi connectivity index (χ2n) is 7.18. The van der Waals surface area contributed by atoms with Crippen molar-refractivity contribution in [1.82, 2.24) is 4.57 Å². The average Bonchev–Trinajstić information content (AvgIpc) is 2.76. The Hall–Kier alpha value is -3.86. The number of aryl methyl sites for hydroxylation is 1. The van der Waals surface area contributed by atoms with Crippen LogP contribution in [0, 0.1) is 6.92 Å². The zero-order valence-electron chi connectivity index (χ0n) is 16.7. The lowest BCUT2D eigenvalue weighted by atomic mass is 10.1. The minimum atomic E-state index is -0.168. The zero-order valence-corrected chi connectivity index (χ0v) is 16.7. The monoisotopic (exact) mass is 398 g/mol. The van der Waals surface area contributed by atoms with Gasteiger partial charge >= 0.3 is 0 Å². The van der Waals surface area contributed by atoms with E-state index in [0.717, 1.165) is 22.4 Å². The van der Waals surface area contributed by atoms with Crippen LogP contribution in [0.1, 0.15) is 11.1 Å². The summed E-state index contributed by atoms with van der Waals surface area (Å²) in [5.74, 6) is 0.567. The molecule has 1 heterocycles. The van der Waals surface area contributed by atoms with Crippen molar-refractivity contribution in [2.24, 2.45) is 0 Å². The predicted octanol–water partition coefficient (Wildman–Crippen LogP) is 4.53. The number of fused-ring (bicyclic) bond motifs is 1. The van der Waals surface area contributed by atoms with Gasteiger partial charge in [0.15, 0.2) is 5.43 Å². The zero-order chi connectivity index (χ0) is 20.9. The van der Waals surface area contributed by atoms with E-state index in [0.29, 0.717) is 17.7 Å². The lowest BCUT2D eigenvalue weighted by molar-refractivity contribution is -0.116. The fraction of sp³-hybridized carbons (Fsp3) is 0.120. The lowest BCUT2D eigenvalue weighted by Crippen LogP contribution is -2.20. The van der Waals surface area contributed by atoms with Crippen LogP contribution < -0.4 is 15.5 Å². The summed E-state index contributed by atoms with van der Waals surface area (Å²) >= 11 is 0. The van der Waals surface area contributed by atoms with Crippen LogP contribution in [0.25, 0.3) is 10.9 Å². The Labute approximate surface area is 174 Å². The number of ether oxygens (including phenoxy) is 1. The fourth-order valence-electron chi connectivity index (χ4n) is 3.29. The first-order valence-corrected chi connectivity index (χ1v) is 9.75. The highest BCUT2D eigenvalue weighted by atomic mass is 16.5. The maximum absolute atomic E-state index is 12.5. The van der Waals surface area contributed by atoms with Gasteiger partial charge in [0.1, 0.15) is 18.9 Å².